The Hall–Kier alpha value is -1.61. The highest BCUT2D eigenvalue weighted by Crippen LogP contribution is 2.33. The molecule has 2 N–H and O–H groups in total. The molecule has 1 rings (SSSR count). The van der Waals surface area contributed by atoms with E-state index in [4.69, 9.17) is 0 Å². The summed E-state index contributed by atoms with van der Waals surface area (Å²) in [5.41, 5.74) is 1.05. The van der Waals surface area contributed by atoms with Gasteiger partial charge in [0.05, 0.1) is 0 Å². The van der Waals surface area contributed by atoms with E-state index in [-0.39, 0.29) is 17.6 Å². The molecule has 3 heteroatoms. The van der Waals surface area contributed by atoms with Crippen LogP contribution in [0.5, 0.6) is 5.75 Å². The van der Waals surface area contributed by atoms with Gasteiger partial charge in [-0.25, -0.2) is 0 Å². The number of carbonyl (C=O) groups is 1. The minimum Gasteiger partial charge on any atom is -0.507 e. The minimum atomic E-state index is -1.17. The zero-order chi connectivity index (χ0) is 13.9. The van der Waals surface area contributed by atoms with Crippen LogP contribution >= 0.6 is 0 Å². The van der Waals surface area contributed by atoms with Crippen LogP contribution in [0.3, 0.4) is 0 Å². The predicted molar refractivity (Wildman–Crippen MR) is 70.6 cm³/mol. The number of aliphatic hydroxyl groups excluding tert-OH is 1. The highest BCUT2D eigenvalue weighted by molar-refractivity contribution is 5.93. The van der Waals surface area contributed by atoms with Crippen LogP contribution < -0.4 is 0 Å². The Morgan fingerprint density at radius 3 is 2.61 bits per heavy atom. The second kappa shape index (κ2) is 5.36. The van der Waals surface area contributed by atoms with Crippen LogP contribution in [0.25, 0.3) is 0 Å². The fraction of sp³-hybridized carbons (Fsp3) is 0.400. The number of benzene rings is 1. The number of rotatable bonds is 4. The van der Waals surface area contributed by atoms with E-state index in [1.54, 1.807) is 12.1 Å². The van der Waals surface area contributed by atoms with Gasteiger partial charge in [-0.2, -0.15) is 0 Å². The zero-order valence-electron chi connectivity index (χ0n) is 11.0. The average molecular weight is 247 g/mol. The molecule has 0 heterocycles. The molecule has 0 saturated heterocycles. The van der Waals surface area contributed by atoms with Crippen LogP contribution in [-0.4, -0.2) is 22.1 Å². The quantitative estimate of drug-likeness (QED) is 0.801. The van der Waals surface area contributed by atoms with Gasteiger partial charge in [0.25, 0.3) is 0 Å². The molecule has 1 unspecified atom stereocenters. The van der Waals surface area contributed by atoms with Gasteiger partial charge in [0.1, 0.15) is 11.9 Å². The summed E-state index contributed by atoms with van der Waals surface area (Å²) in [5.74, 6) is -0.326. The molecule has 18 heavy (non-hydrogen) atoms. The Kier molecular flexibility index (Phi) is 4.30. The van der Waals surface area contributed by atoms with Crippen molar-refractivity contribution in [1.29, 1.82) is 0 Å². The number of hydrogen-bond donors (Lipinski definition) is 2. The molecule has 1 radical (unpaired) electrons. The van der Waals surface area contributed by atoms with Gasteiger partial charge in [-0.3, -0.25) is 4.79 Å². The number of aliphatic hydroxyl groups is 1. The SMILES string of the molecule is C=CC(=O)C(O)Cc1c[c]cc(C(C)(C)C)c1O. The monoisotopic (exact) mass is 247 g/mol. The van der Waals surface area contributed by atoms with Gasteiger partial charge in [0.2, 0.25) is 0 Å². The van der Waals surface area contributed by atoms with Crippen LogP contribution in [0.15, 0.2) is 24.8 Å². The molecule has 3 nitrogen and oxygen atoms in total. The molecule has 0 aliphatic carbocycles. The molecule has 1 aromatic carbocycles. The molecule has 1 aromatic rings. The third-order valence-electron chi connectivity index (χ3n) is 2.80. The van der Waals surface area contributed by atoms with E-state index in [1.807, 2.05) is 20.8 Å². The highest BCUT2D eigenvalue weighted by Gasteiger charge is 2.21. The first-order valence-electron chi connectivity index (χ1n) is 5.84. The van der Waals surface area contributed by atoms with Crippen molar-refractivity contribution >= 4 is 5.78 Å². The summed E-state index contributed by atoms with van der Waals surface area (Å²) in [7, 11) is 0. The lowest BCUT2D eigenvalue weighted by Crippen LogP contribution is -2.21. The van der Waals surface area contributed by atoms with Gasteiger partial charge in [-0.15, -0.1) is 0 Å². The van der Waals surface area contributed by atoms with E-state index in [9.17, 15) is 15.0 Å². The Labute approximate surface area is 108 Å². The van der Waals surface area contributed by atoms with E-state index in [1.165, 1.54) is 0 Å². The van der Waals surface area contributed by atoms with Crippen LogP contribution in [0.4, 0.5) is 0 Å². The number of ketones is 1. The zero-order valence-corrected chi connectivity index (χ0v) is 11.0. The lowest BCUT2D eigenvalue weighted by atomic mass is 9.84. The van der Waals surface area contributed by atoms with Crippen LogP contribution in [0.2, 0.25) is 0 Å². The number of hydrogen-bond acceptors (Lipinski definition) is 3. The maximum absolute atomic E-state index is 11.2. The van der Waals surface area contributed by atoms with Gasteiger partial charge in [-0.05, 0) is 35.3 Å². The molecular weight excluding hydrogens is 228 g/mol. The summed E-state index contributed by atoms with van der Waals surface area (Å²) < 4.78 is 0. The van der Waals surface area contributed by atoms with Crippen molar-refractivity contribution in [2.45, 2.75) is 38.7 Å². The summed E-state index contributed by atoms with van der Waals surface area (Å²) in [6, 6.07) is 6.24. The van der Waals surface area contributed by atoms with Crippen LogP contribution in [0.1, 0.15) is 31.9 Å². The molecule has 1 atom stereocenters. The fourth-order valence-corrected chi connectivity index (χ4v) is 1.71. The van der Waals surface area contributed by atoms with Crippen LogP contribution in [0, 0.1) is 6.07 Å². The van der Waals surface area contributed by atoms with Crippen molar-refractivity contribution in [2.75, 3.05) is 0 Å². The molecule has 97 valence electrons. The van der Waals surface area contributed by atoms with Gasteiger partial charge in [0, 0.05) is 12.0 Å². The van der Waals surface area contributed by atoms with Gasteiger partial charge in [0.15, 0.2) is 5.78 Å². The molecule has 0 aliphatic rings. The van der Waals surface area contributed by atoms with Crippen molar-refractivity contribution in [2.24, 2.45) is 0 Å². The number of phenols is 1. The lowest BCUT2D eigenvalue weighted by Gasteiger charge is -2.22. The summed E-state index contributed by atoms with van der Waals surface area (Å²) in [6.07, 6.45) is -0.0205. The summed E-state index contributed by atoms with van der Waals surface area (Å²) in [4.78, 5) is 11.2. The van der Waals surface area contributed by atoms with E-state index >= 15 is 0 Å². The first-order chi connectivity index (χ1) is 8.27. The standard InChI is InChI=1S/C15H19O3/c1-5-12(16)13(17)9-10-7-6-8-11(14(10)18)15(2,3)4/h5,7-8,13,17-18H,1,9H2,2-4H3. The number of aromatic hydroxyl groups is 1. The highest BCUT2D eigenvalue weighted by atomic mass is 16.3. The first kappa shape index (κ1) is 14.5. The largest absolute Gasteiger partial charge is 0.507 e. The molecular formula is C15H19O3. The Balaban J connectivity index is 3.05. The Morgan fingerprint density at radius 2 is 2.11 bits per heavy atom. The summed E-state index contributed by atoms with van der Waals surface area (Å²) in [5, 5.41) is 19.8. The first-order valence-corrected chi connectivity index (χ1v) is 5.84. The van der Waals surface area contributed by atoms with Crippen molar-refractivity contribution in [3.05, 3.63) is 42.0 Å². The Morgan fingerprint density at radius 1 is 1.50 bits per heavy atom. The maximum atomic E-state index is 11.2. The van der Waals surface area contributed by atoms with Gasteiger partial charge < -0.3 is 10.2 Å². The molecule has 0 aliphatic heterocycles. The van der Waals surface area contributed by atoms with E-state index in [0.717, 1.165) is 11.6 Å². The molecule has 0 spiro atoms. The third kappa shape index (κ3) is 3.20. The lowest BCUT2D eigenvalue weighted by molar-refractivity contribution is -0.122. The topological polar surface area (TPSA) is 57.5 Å². The van der Waals surface area contributed by atoms with Crippen molar-refractivity contribution < 1.29 is 15.0 Å². The predicted octanol–water partition coefficient (Wildman–Crippen LogP) is 2.15. The van der Waals surface area contributed by atoms with E-state index in [0.29, 0.717) is 5.56 Å². The fourth-order valence-electron chi connectivity index (χ4n) is 1.71. The number of phenolic OH excluding ortho intramolecular Hbond substituents is 1. The average Bonchev–Trinajstić information content (AvgIpc) is 2.29. The maximum Gasteiger partial charge on any atom is 0.183 e. The molecule has 0 aromatic heterocycles. The molecule has 0 amide bonds. The summed E-state index contributed by atoms with van der Waals surface area (Å²) in [6.45, 7) is 9.25. The smallest absolute Gasteiger partial charge is 0.183 e. The summed E-state index contributed by atoms with van der Waals surface area (Å²) >= 11 is 0. The van der Waals surface area contributed by atoms with E-state index in [2.05, 4.69) is 12.6 Å². The van der Waals surface area contributed by atoms with Crippen LogP contribution in [-0.2, 0) is 16.6 Å². The molecule has 0 bridgehead atoms. The minimum absolute atomic E-state index is 0.0666. The molecule has 0 fully saturated rings. The van der Waals surface area contributed by atoms with E-state index < -0.39 is 11.9 Å². The second-order valence-electron chi connectivity index (χ2n) is 5.32. The van der Waals surface area contributed by atoms with Gasteiger partial charge in [-0.1, -0.05) is 27.4 Å². The Bertz CT molecular complexity index is 455. The van der Waals surface area contributed by atoms with Crippen molar-refractivity contribution in [3.63, 3.8) is 0 Å². The number of carbonyl (C=O) groups excluding carboxylic acids is 1. The van der Waals surface area contributed by atoms with Crippen molar-refractivity contribution in [1.82, 2.24) is 0 Å². The molecule has 0 saturated carbocycles. The third-order valence-corrected chi connectivity index (χ3v) is 2.80. The van der Waals surface area contributed by atoms with Gasteiger partial charge >= 0.3 is 0 Å². The van der Waals surface area contributed by atoms with Crippen molar-refractivity contribution in [3.8, 4) is 5.75 Å². The normalized spacial score (nSPS) is 13.1. The second-order valence-corrected chi connectivity index (χ2v) is 5.32.